The summed E-state index contributed by atoms with van der Waals surface area (Å²) in [6.07, 6.45) is 15.0. The van der Waals surface area contributed by atoms with Gasteiger partial charge in [0.05, 0.1) is 25.0 Å². The smallest absolute Gasteiger partial charge is 0.329 e. The average molecular weight is 650 g/mol. The van der Waals surface area contributed by atoms with Crippen molar-refractivity contribution in [3.8, 4) is 45.8 Å². The Labute approximate surface area is 271 Å². The summed E-state index contributed by atoms with van der Waals surface area (Å²) in [7, 11) is 5.70. The van der Waals surface area contributed by atoms with E-state index < -0.39 is 0 Å². The summed E-state index contributed by atoms with van der Waals surface area (Å²) in [4.78, 5) is 24.9. The molecule has 47 heavy (non-hydrogen) atoms. The van der Waals surface area contributed by atoms with E-state index >= 15 is 0 Å². The van der Waals surface area contributed by atoms with Crippen LogP contribution < -0.4 is 10.1 Å². The van der Waals surface area contributed by atoms with Crippen molar-refractivity contribution in [3.63, 3.8) is 0 Å². The number of aromatic nitrogens is 14. The topological polar surface area (TPSA) is 143 Å². The minimum absolute atomic E-state index is 0.238. The fourth-order valence-electron chi connectivity index (χ4n) is 6.11. The SMILES string of the molecule is Cc1c(-c2ccn(C)n2)cn2nc(-c3n(CCn4ccc(-c5cn6nc(-c7nccn7C)[nH]c(=O)c6c5C)n4)cc[n+]3C)nc(Cl)c12. The predicted molar refractivity (Wildman–Crippen MR) is 174 cm³/mol. The lowest BCUT2D eigenvalue weighted by Crippen LogP contribution is -2.30. The highest BCUT2D eigenvalue weighted by molar-refractivity contribution is 6.33. The number of hydrogen-bond acceptors (Lipinski definition) is 7. The lowest BCUT2D eigenvalue weighted by molar-refractivity contribution is -0.660. The molecular formula is C31H30ClN14O+. The molecule has 1 N–H and O–H groups in total. The zero-order valence-electron chi connectivity index (χ0n) is 26.3. The van der Waals surface area contributed by atoms with Crippen LogP contribution in [-0.2, 0) is 34.2 Å². The van der Waals surface area contributed by atoms with Crippen molar-refractivity contribution >= 4 is 22.6 Å². The summed E-state index contributed by atoms with van der Waals surface area (Å²) in [6.45, 7) is 5.09. The van der Waals surface area contributed by atoms with Crippen LogP contribution in [0.25, 0.3) is 56.8 Å². The van der Waals surface area contributed by atoms with Crippen LogP contribution in [0.5, 0.6) is 0 Å². The third kappa shape index (κ3) is 4.65. The van der Waals surface area contributed by atoms with Crippen molar-refractivity contribution < 1.29 is 4.57 Å². The van der Waals surface area contributed by atoms with Gasteiger partial charge >= 0.3 is 5.82 Å². The fourth-order valence-corrected chi connectivity index (χ4v) is 6.42. The lowest BCUT2D eigenvalue weighted by atomic mass is 10.1. The highest BCUT2D eigenvalue weighted by Crippen LogP contribution is 2.31. The molecule has 0 spiro atoms. The molecule has 0 aromatic carbocycles. The van der Waals surface area contributed by atoms with Gasteiger partial charge in [0.25, 0.3) is 11.4 Å². The van der Waals surface area contributed by atoms with Gasteiger partial charge in [-0.2, -0.15) is 10.2 Å². The Morgan fingerprint density at radius 2 is 1.60 bits per heavy atom. The molecule has 0 bridgehead atoms. The van der Waals surface area contributed by atoms with Crippen LogP contribution >= 0.6 is 11.6 Å². The summed E-state index contributed by atoms with van der Waals surface area (Å²) in [6, 6.07) is 3.91. The highest BCUT2D eigenvalue weighted by Gasteiger charge is 2.25. The third-order valence-corrected chi connectivity index (χ3v) is 8.79. The molecule has 0 radical (unpaired) electrons. The van der Waals surface area contributed by atoms with Gasteiger partial charge in [0, 0.05) is 62.4 Å². The normalized spacial score (nSPS) is 11.9. The molecule has 8 aromatic heterocycles. The van der Waals surface area contributed by atoms with Gasteiger partial charge in [-0.05, 0) is 37.1 Å². The standard InChI is InChI=1S/C31H29ClN14O/c1-18-20(22-6-9-42(5)36-22)16-45-24(18)26(32)34-28(39-45)31-41(4)12-13-43(31)14-15-44-10-7-23(37-44)21-17-46-25(19(21)2)30(47)35-27(38-46)29-33-8-11-40(29)3/h6-13,16-17H,14-15H2,1-5H3/p+1. The largest absolute Gasteiger partial charge is 0.331 e. The monoisotopic (exact) mass is 649 g/mol. The number of imidazole rings is 2. The van der Waals surface area contributed by atoms with Crippen molar-refractivity contribution in [3.05, 3.63) is 88.3 Å². The van der Waals surface area contributed by atoms with E-state index in [0.717, 1.165) is 45.0 Å². The molecule has 236 valence electrons. The van der Waals surface area contributed by atoms with E-state index in [1.165, 1.54) is 0 Å². The van der Waals surface area contributed by atoms with Gasteiger partial charge in [0.1, 0.15) is 30.0 Å². The van der Waals surface area contributed by atoms with Crippen molar-refractivity contribution in [2.24, 2.45) is 21.1 Å². The summed E-state index contributed by atoms with van der Waals surface area (Å²) in [5, 5.41) is 19.2. The Hall–Kier alpha value is -5.83. The quantitative estimate of drug-likeness (QED) is 0.262. The molecule has 0 aliphatic heterocycles. The van der Waals surface area contributed by atoms with Gasteiger partial charge in [0.2, 0.25) is 0 Å². The minimum Gasteiger partial charge on any atom is -0.331 e. The molecule has 8 aromatic rings. The predicted octanol–water partition coefficient (Wildman–Crippen LogP) is 2.99. The number of aromatic amines is 1. The number of rotatable bonds is 7. The first-order chi connectivity index (χ1) is 22.7. The van der Waals surface area contributed by atoms with Crippen LogP contribution in [0.3, 0.4) is 0 Å². The van der Waals surface area contributed by atoms with E-state index in [2.05, 4.69) is 24.7 Å². The second kappa shape index (κ2) is 10.6. The van der Waals surface area contributed by atoms with Crippen molar-refractivity contribution in [2.75, 3.05) is 0 Å². The number of hydrogen-bond donors (Lipinski definition) is 1. The Morgan fingerprint density at radius 1 is 0.872 bits per heavy atom. The second-order valence-corrected chi connectivity index (χ2v) is 11.9. The molecule has 0 saturated carbocycles. The number of aryl methyl sites for hydroxylation is 7. The van der Waals surface area contributed by atoms with Crippen LogP contribution in [0.1, 0.15) is 11.1 Å². The maximum atomic E-state index is 13.1. The molecule has 16 heteroatoms. The number of fused-ring (bicyclic) bond motifs is 2. The number of nitrogens with one attached hydrogen (secondary N) is 1. The summed E-state index contributed by atoms with van der Waals surface area (Å²) >= 11 is 6.76. The van der Waals surface area contributed by atoms with E-state index in [0.29, 0.717) is 41.2 Å². The molecule has 0 saturated heterocycles. The molecule has 0 aliphatic rings. The van der Waals surface area contributed by atoms with Crippen LogP contribution in [-0.4, -0.2) is 62.9 Å². The Morgan fingerprint density at radius 3 is 2.32 bits per heavy atom. The molecule has 0 amide bonds. The highest BCUT2D eigenvalue weighted by atomic mass is 35.5. The van der Waals surface area contributed by atoms with E-state index in [1.807, 2.05) is 93.6 Å². The zero-order chi connectivity index (χ0) is 32.6. The van der Waals surface area contributed by atoms with Gasteiger partial charge in [0.15, 0.2) is 16.8 Å². The van der Waals surface area contributed by atoms with Gasteiger partial charge in [-0.1, -0.05) is 11.6 Å². The van der Waals surface area contributed by atoms with Gasteiger partial charge < -0.3 is 9.55 Å². The zero-order valence-corrected chi connectivity index (χ0v) is 27.0. The van der Waals surface area contributed by atoms with Crippen molar-refractivity contribution in [1.82, 2.24) is 62.9 Å². The van der Waals surface area contributed by atoms with Crippen molar-refractivity contribution in [2.45, 2.75) is 26.9 Å². The van der Waals surface area contributed by atoms with Crippen LogP contribution in [0.4, 0.5) is 0 Å². The Kier molecular flexibility index (Phi) is 6.47. The Bertz CT molecular complexity index is 2530. The maximum Gasteiger partial charge on any atom is 0.329 e. The van der Waals surface area contributed by atoms with Crippen LogP contribution in [0.2, 0.25) is 5.15 Å². The Balaban J connectivity index is 1.07. The number of H-pyrrole nitrogens is 1. The number of nitrogens with zero attached hydrogens (tertiary/aromatic N) is 13. The summed E-state index contributed by atoms with van der Waals surface area (Å²) < 4.78 is 12.9. The molecule has 0 aliphatic carbocycles. The van der Waals surface area contributed by atoms with Gasteiger partial charge in [-0.15, -0.1) is 10.2 Å². The van der Waals surface area contributed by atoms with E-state index in [9.17, 15) is 4.79 Å². The van der Waals surface area contributed by atoms with Crippen molar-refractivity contribution in [1.29, 1.82) is 0 Å². The first-order valence-electron chi connectivity index (χ1n) is 14.9. The second-order valence-electron chi connectivity index (χ2n) is 11.6. The third-order valence-electron chi connectivity index (χ3n) is 8.52. The van der Waals surface area contributed by atoms with Crippen LogP contribution in [0.15, 0.2) is 66.5 Å². The molecule has 8 rings (SSSR count). The van der Waals surface area contributed by atoms with Crippen LogP contribution in [0, 0.1) is 13.8 Å². The minimum atomic E-state index is -0.238. The molecule has 8 heterocycles. The van der Waals surface area contributed by atoms with E-state index in [-0.39, 0.29) is 5.56 Å². The maximum absolute atomic E-state index is 13.1. The summed E-state index contributed by atoms with van der Waals surface area (Å²) in [5.41, 5.74) is 6.12. The van der Waals surface area contributed by atoms with E-state index in [1.54, 1.807) is 30.7 Å². The first-order valence-corrected chi connectivity index (χ1v) is 15.3. The average Bonchev–Trinajstić information content (AvgIpc) is 3.88. The summed E-state index contributed by atoms with van der Waals surface area (Å²) in [5.74, 6) is 2.26. The molecule has 0 unspecified atom stereocenters. The molecule has 0 atom stereocenters. The van der Waals surface area contributed by atoms with E-state index in [4.69, 9.17) is 26.8 Å². The lowest BCUT2D eigenvalue weighted by Gasteiger charge is -2.05. The fraction of sp³-hybridized carbons (Fsp3) is 0.226. The first kappa shape index (κ1) is 28.6. The molecule has 0 fully saturated rings. The van der Waals surface area contributed by atoms with Gasteiger partial charge in [-0.25, -0.2) is 28.1 Å². The number of halogens is 1. The molecular weight excluding hydrogens is 620 g/mol. The van der Waals surface area contributed by atoms with Gasteiger partial charge in [-0.3, -0.25) is 14.2 Å². The molecule has 15 nitrogen and oxygen atoms in total.